The van der Waals surface area contributed by atoms with Crippen molar-refractivity contribution < 1.29 is 0 Å². The molecule has 1 aromatic carbocycles. The molecule has 0 amide bonds. The third-order valence-electron chi connectivity index (χ3n) is 6.18. The van der Waals surface area contributed by atoms with E-state index in [0.717, 1.165) is 74.3 Å². The normalized spacial score (nSPS) is 19.2. The van der Waals surface area contributed by atoms with Crippen LogP contribution in [0.15, 0.2) is 35.3 Å². The van der Waals surface area contributed by atoms with Gasteiger partial charge in [0.15, 0.2) is 5.82 Å². The minimum Gasteiger partial charge on any atom is -0.360 e. The molecule has 1 N–H and O–H groups in total. The summed E-state index contributed by atoms with van der Waals surface area (Å²) in [6, 6.07) is 6.11. The summed E-state index contributed by atoms with van der Waals surface area (Å²) >= 11 is 6.24. The number of benzene rings is 1. The van der Waals surface area contributed by atoms with Gasteiger partial charge in [0.25, 0.3) is 0 Å². The Kier molecular flexibility index (Phi) is 9.95. The van der Waals surface area contributed by atoms with Crippen LogP contribution in [0.1, 0.15) is 82.9 Å². The van der Waals surface area contributed by atoms with Crippen molar-refractivity contribution in [3.63, 3.8) is 0 Å². The summed E-state index contributed by atoms with van der Waals surface area (Å²) in [5.74, 6) is 3.79. The van der Waals surface area contributed by atoms with E-state index in [4.69, 9.17) is 16.6 Å². The fraction of sp³-hybridized carbons (Fsp3) is 0.577. The lowest BCUT2D eigenvalue weighted by atomic mass is 9.95. The Morgan fingerprint density at radius 2 is 1.79 bits per heavy atom. The van der Waals surface area contributed by atoms with E-state index in [9.17, 15) is 0 Å². The van der Waals surface area contributed by atoms with Crippen LogP contribution in [-0.2, 0) is 13.1 Å². The fourth-order valence-corrected chi connectivity index (χ4v) is 4.85. The van der Waals surface area contributed by atoms with Gasteiger partial charge in [0.2, 0.25) is 0 Å². The average molecular weight is 471 g/mol. The Morgan fingerprint density at radius 3 is 2.58 bits per heavy atom. The van der Waals surface area contributed by atoms with Crippen molar-refractivity contribution in [1.29, 1.82) is 0 Å². The number of piperidine rings is 1. The summed E-state index contributed by atoms with van der Waals surface area (Å²) < 4.78 is 2.27. The lowest BCUT2D eigenvalue weighted by Gasteiger charge is -2.34. The number of rotatable bonds is 1. The highest BCUT2D eigenvalue weighted by Gasteiger charge is 2.29. The lowest BCUT2D eigenvalue weighted by molar-refractivity contribution is 0.299. The third-order valence-corrected chi connectivity index (χ3v) is 6.41. The molecule has 3 aliphatic heterocycles. The molecule has 1 saturated heterocycles. The van der Waals surface area contributed by atoms with E-state index in [-0.39, 0.29) is 0 Å². The summed E-state index contributed by atoms with van der Waals surface area (Å²) in [6.07, 6.45) is 10.1. The van der Waals surface area contributed by atoms with E-state index < -0.39 is 0 Å². The smallest absolute Gasteiger partial charge is 0.151 e. The van der Waals surface area contributed by atoms with Crippen LogP contribution >= 0.6 is 11.6 Å². The van der Waals surface area contributed by atoms with Gasteiger partial charge in [0, 0.05) is 37.0 Å². The second kappa shape index (κ2) is 12.9. The minimum absolute atomic E-state index is 0.420. The van der Waals surface area contributed by atoms with Crippen molar-refractivity contribution in [3.8, 4) is 5.69 Å². The number of allylic oxidation sites excluding steroid dienone is 1. The first kappa shape index (κ1) is 25.4. The quantitative estimate of drug-likeness (QED) is 0.527. The molecule has 0 aliphatic carbocycles. The molecule has 1 aromatic heterocycles. The van der Waals surface area contributed by atoms with Gasteiger partial charge in [-0.1, -0.05) is 51.4 Å². The van der Waals surface area contributed by atoms with E-state index in [1.54, 1.807) is 0 Å². The standard InChI is InChI=1S/C22H27ClN6.2C2H6/c23-18-6-7-19-17(13-18)14-24-15-21-26-27-22(29(19)21)16-8-11-28(12-9-16)20-5-3-1-2-4-10-25-20;2*1-2/h2,4,6-7,13,16,24H,1,3,5,8-12,14-15H2;2*1-2H3/b4-2-,25-20?;;. The highest BCUT2D eigenvalue weighted by atomic mass is 35.5. The zero-order chi connectivity index (χ0) is 23.6. The molecule has 2 aromatic rings. The van der Waals surface area contributed by atoms with Crippen molar-refractivity contribution in [2.24, 2.45) is 4.99 Å². The number of likely N-dealkylation sites (tertiary alicyclic amines) is 1. The van der Waals surface area contributed by atoms with Crippen molar-refractivity contribution in [2.45, 2.75) is 78.8 Å². The van der Waals surface area contributed by atoms with E-state index >= 15 is 0 Å². The van der Waals surface area contributed by atoms with Gasteiger partial charge in [0.05, 0.1) is 24.6 Å². The van der Waals surface area contributed by atoms with Gasteiger partial charge in [-0.25, -0.2) is 0 Å². The first-order valence-electron chi connectivity index (χ1n) is 12.7. The Balaban J connectivity index is 0.000000728. The Morgan fingerprint density at radius 1 is 1.00 bits per heavy atom. The molecule has 3 aliphatic rings. The maximum Gasteiger partial charge on any atom is 0.151 e. The zero-order valence-electron chi connectivity index (χ0n) is 20.6. The van der Waals surface area contributed by atoms with Crippen LogP contribution < -0.4 is 5.32 Å². The number of aromatic nitrogens is 3. The van der Waals surface area contributed by atoms with Crippen molar-refractivity contribution in [1.82, 2.24) is 25.0 Å². The summed E-state index contributed by atoms with van der Waals surface area (Å²) in [4.78, 5) is 7.31. The van der Waals surface area contributed by atoms with Gasteiger partial charge in [-0.3, -0.25) is 9.56 Å². The SMILES string of the molecule is CC.CC.Clc1ccc2c(c1)CNCc1nnc(C3CCN(C4=NC/C=C\CCC4)CC3)n1-2. The minimum atomic E-state index is 0.420. The van der Waals surface area contributed by atoms with Gasteiger partial charge in [-0.2, -0.15) is 0 Å². The number of nitrogens with one attached hydrogen (secondary N) is 1. The van der Waals surface area contributed by atoms with Gasteiger partial charge in [-0.15, -0.1) is 10.2 Å². The largest absolute Gasteiger partial charge is 0.360 e. The highest BCUT2D eigenvalue weighted by molar-refractivity contribution is 6.30. The molecule has 4 heterocycles. The molecule has 0 radical (unpaired) electrons. The van der Waals surface area contributed by atoms with Crippen molar-refractivity contribution in [2.75, 3.05) is 19.6 Å². The molecule has 0 atom stereocenters. The summed E-state index contributed by atoms with van der Waals surface area (Å²) in [5, 5.41) is 13.4. The Bertz CT molecular complexity index is 940. The summed E-state index contributed by atoms with van der Waals surface area (Å²) in [5.41, 5.74) is 2.36. The molecule has 7 heteroatoms. The zero-order valence-corrected chi connectivity index (χ0v) is 21.4. The predicted octanol–water partition coefficient (Wildman–Crippen LogP) is 5.89. The molecule has 0 bridgehead atoms. The van der Waals surface area contributed by atoms with Crippen molar-refractivity contribution in [3.05, 3.63) is 52.6 Å². The topological polar surface area (TPSA) is 58.3 Å². The summed E-state index contributed by atoms with van der Waals surface area (Å²) in [7, 11) is 0. The lowest BCUT2D eigenvalue weighted by Crippen LogP contribution is -2.38. The van der Waals surface area contributed by atoms with E-state index in [1.807, 2.05) is 39.8 Å². The van der Waals surface area contributed by atoms with Gasteiger partial charge in [-0.05, 0) is 49.4 Å². The molecular formula is C26H39ClN6. The number of hydrogen-bond donors (Lipinski definition) is 1. The number of nitrogens with zero attached hydrogens (tertiary/aromatic N) is 5. The van der Waals surface area contributed by atoms with Crippen LogP contribution in [0.2, 0.25) is 5.02 Å². The molecule has 180 valence electrons. The average Bonchev–Trinajstić information content (AvgIpc) is 3.17. The van der Waals surface area contributed by atoms with E-state index in [2.05, 4.69) is 43.2 Å². The molecular weight excluding hydrogens is 432 g/mol. The first-order valence-corrected chi connectivity index (χ1v) is 13.0. The highest BCUT2D eigenvalue weighted by Crippen LogP contribution is 2.32. The molecule has 0 unspecified atom stereocenters. The fourth-order valence-electron chi connectivity index (χ4n) is 4.66. The van der Waals surface area contributed by atoms with Crippen molar-refractivity contribution >= 4 is 17.4 Å². The molecule has 5 rings (SSSR count). The number of hydrogen-bond acceptors (Lipinski definition) is 5. The maximum atomic E-state index is 6.24. The first-order chi connectivity index (χ1) is 16.3. The Hall–Kier alpha value is -2.18. The van der Waals surface area contributed by atoms with Gasteiger partial charge < -0.3 is 10.2 Å². The van der Waals surface area contributed by atoms with Crippen LogP contribution in [0.5, 0.6) is 0 Å². The Labute approximate surface area is 204 Å². The third kappa shape index (κ3) is 6.04. The van der Waals surface area contributed by atoms with E-state index in [1.165, 1.54) is 24.2 Å². The van der Waals surface area contributed by atoms with Crippen LogP contribution in [0, 0.1) is 0 Å². The number of amidine groups is 1. The number of aliphatic imine (C=N–C) groups is 1. The van der Waals surface area contributed by atoms with Gasteiger partial charge in [0.1, 0.15) is 5.82 Å². The number of halogens is 1. The number of fused-ring (bicyclic) bond motifs is 3. The monoisotopic (exact) mass is 470 g/mol. The van der Waals surface area contributed by atoms with Crippen LogP contribution in [0.25, 0.3) is 5.69 Å². The second-order valence-electron chi connectivity index (χ2n) is 8.07. The molecule has 0 spiro atoms. The van der Waals surface area contributed by atoms with E-state index in [0.29, 0.717) is 5.92 Å². The van der Waals surface area contributed by atoms with Crippen LogP contribution in [-0.4, -0.2) is 45.1 Å². The molecule has 33 heavy (non-hydrogen) atoms. The molecule has 0 saturated carbocycles. The predicted molar refractivity (Wildman–Crippen MR) is 138 cm³/mol. The molecule has 1 fully saturated rings. The second-order valence-corrected chi connectivity index (χ2v) is 8.50. The molecule has 6 nitrogen and oxygen atoms in total. The van der Waals surface area contributed by atoms with Gasteiger partial charge >= 0.3 is 0 Å². The summed E-state index contributed by atoms with van der Waals surface area (Å²) in [6.45, 7) is 12.4. The maximum absolute atomic E-state index is 6.24. The van der Waals surface area contributed by atoms with Crippen LogP contribution in [0.4, 0.5) is 0 Å². The van der Waals surface area contributed by atoms with Crippen LogP contribution in [0.3, 0.4) is 0 Å².